The van der Waals surface area contributed by atoms with E-state index in [4.69, 9.17) is 4.74 Å². The Bertz CT molecular complexity index is 665. The highest BCUT2D eigenvalue weighted by Gasteiger charge is 2.27. The Labute approximate surface area is 131 Å². The van der Waals surface area contributed by atoms with E-state index < -0.39 is 0 Å². The highest BCUT2D eigenvalue weighted by atomic mass is 79.9. The second kappa shape index (κ2) is 5.89. The molecule has 2 heterocycles. The largest absolute Gasteiger partial charge is 0.481 e. The standard InChI is InChI=1S/C15H16BrN3O2/c1-21-14-6-10(4-5-17-14)8-18-15(20)13-7-11(16)9-19(13)12-2-3-12/h4-7,9,12H,2-3,8H2,1H3,(H,18,20). The van der Waals surface area contributed by atoms with Gasteiger partial charge < -0.3 is 14.6 Å². The summed E-state index contributed by atoms with van der Waals surface area (Å²) in [6, 6.07) is 6.01. The summed E-state index contributed by atoms with van der Waals surface area (Å²) in [5.74, 6) is 0.481. The summed E-state index contributed by atoms with van der Waals surface area (Å²) in [5.41, 5.74) is 1.66. The average Bonchev–Trinajstić information content (AvgIpc) is 3.27. The van der Waals surface area contributed by atoms with E-state index >= 15 is 0 Å². The SMILES string of the molecule is COc1cc(CNC(=O)c2cc(Br)cn2C2CC2)ccn1. The lowest BCUT2D eigenvalue weighted by Gasteiger charge is -2.09. The van der Waals surface area contributed by atoms with Crippen LogP contribution in [0, 0.1) is 0 Å². The van der Waals surface area contributed by atoms with Crippen molar-refractivity contribution in [2.45, 2.75) is 25.4 Å². The van der Waals surface area contributed by atoms with Crippen molar-refractivity contribution in [2.24, 2.45) is 0 Å². The summed E-state index contributed by atoms with van der Waals surface area (Å²) in [6.45, 7) is 0.450. The van der Waals surface area contributed by atoms with E-state index in [2.05, 4.69) is 26.2 Å². The number of nitrogens with one attached hydrogen (secondary N) is 1. The molecular formula is C15H16BrN3O2. The number of hydrogen-bond acceptors (Lipinski definition) is 3. The molecule has 0 unspecified atom stereocenters. The van der Waals surface area contributed by atoms with Crippen LogP contribution in [-0.4, -0.2) is 22.6 Å². The number of rotatable bonds is 5. The minimum absolute atomic E-state index is 0.0663. The van der Waals surface area contributed by atoms with Crippen LogP contribution in [0.1, 0.15) is 34.9 Å². The van der Waals surface area contributed by atoms with Crippen LogP contribution in [0.25, 0.3) is 0 Å². The van der Waals surface area contributed by atoms with Gasteiger partial charge in [-0.1, -0.05) is 0 Å². The quantitative estimate of drug-likeness (QED) is 0.902. The molecule has 3 rings (SSSR count). The Hall–Kier alpha value is -1.82. The lowest BCUT2D eigenvalue weighted by atomic mass is 10.2. The van der Waals surface area contributed by atoms with Crippen molar-refractivity contribution in [2.75, 3.05) is 7.11 Å². The molecule has 0 radical (unpaired) electrons. The molecule has 6 heteroatoms. The molecule has 0 atom stereocenters. The number of aromatic nitrogens is 2. The molecule has 1 fully saturated rings. The second-order valence-electron chi connectivity index (χ2n) is 5.07. The van der Waals surface area contributed by atoms with Crippen LogP contribution in [0.5, 0.6) is 5.88 Å². The van der Waals surface area contributed by atoms with Crippen LogP contribution < -0.4 is 10.1 Å². The average molecular weight is 350 g/mol. The number of nitrogens with zero attached hydrogens (tertiary/aromatic N) is 2. The summed E-state index contributed by atoms with van der Waals surface area (Å²) in [4.78, 5) is 16.4. The van der Waals surface area contributed by atoms with Gasteiger partial charge in [-0.05, 0) is 46.5 Å². The zero-order chi connectivity index (χ0) is 14.8. The number of carbonyl (C=O) groups is 1. The first-order chi connectivity index (χ1) is 10.2. The summed E-state index contributed by atoms with van der Waals surface area (Å²) in [5, 5.41) is 2.94. The molecule has 1 amide bonds. The highest BCUT2D eigenvalue weighted by molar-refractivity contribution is 9.10. The van der Waals surface area contributed by atoms with Gasteiger partial charge in [0.2, 0.25) is 5.88 Å². The third kappa shape index (κ3) is 3.26. The van der Waals surface area contributed by atoms with Gasteiger partial charge in [0.25, 0.3) is 5.91 Å². The number of hydrogen-bond donors (Lipinski definition) is 1. The van der Waals surface area contributed by atoms with Gasteiger partial charge in [0.05, 0.1) is 7.11 Å². The van der Waals surface area contributed by atoms with Gasteiger partial charge in [0.15, 0.2) is 0 Å². The first-order valence-corrected chi connectivity index (χ1v) is 7.61. The van der Waals surface area contributed by atoms with Gasteiger partial charge in [0, 0.05) is 35.5 Å². The Balaban J connectivity index is 1.69. The third-order valence-corrected chi connectivity index (χ3v) is 3.88. The maximum atomic E-state index is 12.3. The Morgan fingerprint density at radius 1 is 1.52 bits per heavy atom. The minimum atomic E-state index is -0.0663. The van der Waals surface area contributed by atoms with E-state index in [0.717, 1.165) is 22.9 Å². The first kappa shape index (κ1) is 14.1. The summed E-state index contributed by atoms with van der Waals surface area (Å²) >= 11 is 3.44. The molecule has 110 valence electrons. The number of pyridine rings is 1. The molecule has 0 aromatic carbocycles. The maximum absolute atomic E-state index is 12.3. The molecule has 0 bridgehead atoms. The van der Waals surface area contributed by atoms with Crippen LogP contribution >= 0.6 is 15.9 Å². The van der Waals surface area contributed by atoms with Crippen LogP contribution in [-0.2, 0) is 6.54 Å². The van der Waals surface area contributed by atoms with E-state index in [0.29, 0.717) is 24.2 Å². The maximum Gasteiger partial charge on any atom is 0.268 e. The smallest absolute Gasteiger partial charge is 0.268 e. The topological polar surface area (TPSA) is 56.1 Å². The summed E-state index contributed by atoms with van der Waals surface area (Å²) in [6.07, 6.45) is 5.93. The fourth-order valence-electron chi connectivity index (χ4n) is 2.23. The molecular weight excluding hydrogens is 334 g/mol. The Kier molecular flexibility index (Phi) is 3.96. The van der Waals surface area contributed by atoms with Gasteiger partial charge >= 0.3 is 0 Å². The molecule has 2 aromatic rings. The van der Waals surface area contributed by atoms with Crippen molar-refractivity contribution < 1.29 is 9.53 Å². The number of methoxy groups -OCH3 is 1. The van der Waals surface area contributed by atoms with E-state index in [9.17, 15) is 4.79 Å². The lowest BCUT2D eigenvalue weighted by molar-refractivity contribution is 0.0941. The second-order valence-corrected chi connectivity index (χ2v) is 5.99. The zero-order valence-corrected chi connectivity index (χ0v) is 13.3. The Morgan fingerprint density at radius 3 is 3.05 bits per heavy atom. The molecule has 2 aromatic heterocycles. The van der Waals surface area contributed by atoms with Crippen LogP contribution in [0.3, 0.4) is 0 Å². The Morgan fingerprint density at radius 2 is 2.33 bits per heavy atom. The van der Waals surface area contributed by atoms with E-state index in [1.807, 2.05) is 29.0 Å². The molecule has 0 spiro atoms. The van der Waals surface area contributed by atoms with Crippen molar-refractivity contribution >= 4 is 21.8 Å². The molecule has 1 N–H and O–H groups in total. The molecule has 1 saturated carbocycles. The van der Waals surface area contributed by atoms with Crippen molar-refractivity contribution in [3.05, 3.63) is 46.3 Å². The normalized spacial score (nSPS) is 14.0. The molecule has 0 aliphatic heterocycles. The zero-order valence-electron chi connectivity index (χ0n) is 11.7. The molecule has 21 heavy (non-hydrogen) atoms. The number of amides is 1. The highest BCUT2D eigenvalue weighted by Crippen LogP contribution is 2.37. The van der Waals surface area contributed by atoms with Crippen molar-refractivity contribution in [3.63, 3.8) is 0 Å². The number of halogens is 1. The number of carbonyl (C=O) groups excluding carboxylic acids is 1. The number of ether oxygens (including phenoxy) is 1. The van der Waals surface area contributed by atoms with E-state index in [-0.39, 0.29) is 5.91 Å². The molecule has 5 nitrogen and oxygen atoms in total. The fourth-order valence-corrected chi connectivity index (χ4v) is 2.66. The fraction of sp³-hybridized carbons (Fsp3) is 0.333. The van der Waals surface area contributed by atoms with Crippen LogP contribution in [0.15, 0.2) is 35.1 Å². The van der Waals surface area contributed by atoms with Gasteiger partial charge in [-0.25, -0.2) is 4.98 Å². The molecule has 0 saturated heterocycles. The third-order valence-electron chi connectivity index (χ3n) is 3.45. The minimum Gasteiger partial charge on any atom is -0.481 e. The van der Waals surface area contributed by atoms with Gasteiger partial charge in [-0.2, -0.15) is 0 Å². The van der Waals surface area contributed by atoms with Crippen molar-refractivity contribution in [1.29, 1.82) is 0 Å². The van der Waals surface area contributed by atoms with Gasteiger partial charge in [-0.3, -0.25) is 4.79 Å². The molecule has 1 aliphatic carbocycles. The molecule has 1 aliphatic rings. The summed E-state index contributed by atoms with van der Waals surface area (Å²) in [7, 11) is 1.57. The van der Waals surface area contributed by atoms with Crippen molar-refractivity contribution in [3.8, 4) is 5.88 Å². The van der Waals surface area contributed by atoms with E-state index in [1.165, 1.54) is 0 Å². The lowest BCUT2D eigenvalue weighted by Crippen LogP contribution is -2.25. The first-order valence-electron chi connectivity index (χ1n) is 6.82. The monoisotopic (exact) mass is 349 g/mol. The van der Waals surface area contributed by atoms with Crippen molar-refractivity contribution in [1.82, 2.24) is 14.9 Å². The summed E-state index contributed by atoms with van der Waals surface area (Å²) < 4.78 is 8.06. The van der Waals surface area contributed by atoms with Gasteiger partial charge in [-0.15, -0.1) is 0 Å². The van der Waals surface area contributed by atoms with Crippen LogP contribution in [0.4, 0.5) is 0 Å². The van der Waals surface area contributed by atoms with Gasteiger partial charge in [0.1, 0.15) is 5.69 Å². The predicted molar refractivity (Wildman–Crippen MR) is 82.4 cm³/mol. The van der Waals surface area contributed by atoms with E-state index in [1.54, 1.807) is 13.3 Å². The predicted octanol–water partition coefficient (Wildman–Crippen LogP) is 2.92. The van der Waals surface area contributed by atoms with Crippen LogP contribution in [0.2, 0.25) is 0 Å².